The van der Waals surface area contributed by atoms with Crippen LogP contribution in [0.15, 0.2) is 4.52 Å². The lowest BCUT2D eigenvalue weighted by Gasteiger charge is -2.41. The van der Waals surface area contributed by atoms with Gasteiger partial charge in [-0.25, -0.2) is 0 Å². The van der Waals surface area contributed by atoms with Gasteiger partial charge in [0.25, 0.3) is 0 Å². The van der Waals surface area contributed by atoms with Crippen LogP contribution >= 0.6 is 0 Å². The molecule has 2 fully saturated rings. The van der Waals surface area contributed by atoms with Crippen LogP contribution in [0, 0.1) is 0 Å². The van der Waals surface area contributed by atoms with Gasteiger partial charge in [-0.05, 0) is 26.2 Å². The van der Waals surface area contributed by atoms with Crippen molar-refractivity contribution in [2.75, 3.05) is 26.2 Å². The zero-order valence-corrected chi connectivity index (χ0v) is 13.0. The van der Waals surface area contributed by atoms with Crippen molar-refractivity contribution < 1.29 is 9.63 Å². The van der Waals surface area contributed by atoms with E-state index in [1.807, 2.05) is 6.92 Å². The smallest absolute Gasteiger partial charge is 0.229 e. The molecule has 0 spiro atoms. The van der Waals surface area contributed by atoms with Crippen molar-refractivity contribution in [3.8, 4) is 0 Å². The van der Waals surface area contributed by atoms with Crippen LogP contribution in [-0.2, 0) is 6.54 Å². The van der Waals surface area contributed by atoms with E-state index in [1.165, 1.54) is 12.8 Å². The summed E-state index contributed by atoms with van der Waals surface area (Å²) in [7, 11) is 0. The van der Waals surface area contributed by atoms with Crippen molar-refractivity contribution in [3.63, 3.8) is 0 Å². The molecule has 3 rings (SSSR count). The molecule has 1 aliphatic carbocycles. The molecule has 0 radical (unpaired) electrons. The van der Waals surface area contributed by atoms with Crippen LogP contribution in [0.1, 0.15) is 50.7 Å². The lowest BCUT2D eigenvalue weighted by Crippen LogP contribution is -2.54. The largest absolute Gasteiger partial charge is 0.392 e. The third-order valence-electron chi connectivity index (χ3n) is 4.43. The van der Waals surface area contributed by atoms with E-state index in [0.29, 0.717) is 12.0 Å². The van der Waals surface area contributed by atoms with Crippen LogP contribution in [0.5, 0.6) is 0 Å². The van der Waals surface area contributed by atoms with E-state index < -0.39 is 0 Å². The van der Waals surface area contributed by atoms with Gasteiger partial charge in [-0.2, -0.15) is 4.98 Å². The number of hydrogen-bond acceptors (Lipinski definition) is 6. The highest BCUT2D eigenvalue weighted by atomic mass is 16.5. The summed E-state index contributed by atoms with van der Waals surface area (Å²) in [6.45, 7) is 8.61. The Bertz CT molecular complexity index is 458. The molecule has 1 aromatic rings. The maximum absolute atomic E-state index is 9.59. The molecule has 0 amide bonds. The average molecular weight is 294 g/mol. The quantitative estimate of drug-likeness (QED) is 0.851. The number of aromatic nitrogens is 2. The van der Waals surface area contributed by atoms with E-state index in [4.69, 9.17) is 4.52 Å². The van der Waals surface area contributed by atoms with E-state index in [9.17, 15) is 5.11 Å². The first kappa shape index (κ1) is 14.9. The number of piperazine rings is 1. The molecule has 6 heteroatoms. The van der Waals surface area contributed by atoms with Crippen LogP contribution in [0.4, 0.5) is 0 Å². The molecule has 0 bridgehead atoms. The fourth-order valence-electron chi connectivity index (χ4n) is 3.10. The van der Waals surface area contributed by atoms with Crippen LogP contribution in [0.25, 0.3) is 0 Å². The number of hydrogen-bond donors (Lipinski definition) is 1. The fraction of sp³-hybridized carbons (Fsp3) is 0.867. The maximum Gasteiger partial charge on any atom is 0.229 e. The summed E-state index contributed by atoms with van der Waals surface area (Å²) in [6, 6.07) is 0.503. The van der Waals surface area contributed by atoms with Gasteiger partial charge in [0.15, 0.2) is 5.82 Å². The minimum atomic E-state index is -0.260. The normalized spacial score (nSPS) is 26.1. The summed E-state index contributed by atoms with van der Waals surface area (Å²) in [5.41, 5.74) is 0. The van der Waals surface area contributed by atoms with Gasteiger partial charge in [0, 0.05) is 38.1 Å². The maximum atomic E-state index is 9.59. The summed E-state index contributed by atoms with van der Waals surface area (Å²) < 4.78 is 5.33. The highest BCUT2D eigenvalue weighted by Gasteiger charge is 2.31. The number of aliphatic hydroxyl groups excluding tert-OH is 1. The Balaban J connectivity index is 1.54. The molecule has 0 unspecified atom stereocenters. The predicted octanol–water partition coefficient (Wildman–Crippen LogP) is 1.22. The minimum absolute atomic E-state index is 0.260. The third kappa shape index (κ3) is 3.81. The molecule has 2 aliphatic rings. The number of β-amino-alcohol motifs (C(OH)–C–C–N with tert-alkyl or cyclic N) is 1. The highest BCUT2D eigenvalue weighted by Crippen LogP contribution is 2.38. The first-order valence-electron chi connectivity index (χ1n) is 8.12. The van der Waals surface area contributed by atoms with Crippen LogP contribution in [0.2, 0.25) is 0 Å². The van der Waals surface area contributed by atoms with Gasteiger partial charge < -0.3 is 9.63 Å². The molecule has 2 heterocycles. The standard InChI is InChI=1S/C15H26N4O2/c1-3-13-9-18(6-7-19(13)8-11(2)20)10-14-16-15(21-17-14)12-4-5-12/h11-13,20H,3-10H2,1-2H3/t11-,13+/m0/s1. The summed E-state index contributed by atoms with van der Waals surface area (Å²) in [5.74, 6) is 2.16. The molecule has 118 valence electrons. The Labute approximate surface area is 126 Å². The Hall–Kier alpha value is -0.980. The topological polar surface area (TPSA) is 65.6 Å². The molecule has 1 saturated carbocycles. The van der Waals surface area contributed by atoms with Crippen molar-refractivity contribution >= 4 is 0 Å². The Morgan fingerprint density at radius 3 is 2.86 bits per heavy atom. The van der Waals surface area contributed by atoms with Gasteiger partial charge in [0.1, 0.15) is 0 Å². The zero-order valence-electron chi connectivity index (χ0n) is 13.0. The van der Waals surface area contributed by atoms with E-state index in [2.05, 4.69) is 26.9 Å². The Kier molecular flexibility index (Phi) is 4.57. The monoisotopic (exact) mass is 294 g/mol. The third-order valence-corrected chi connectivity index (χ3v) is 4.43. The number of nitrogens with zero attached hydrogens (tertiary/aromatic N) is 4. The van der Waals surface area contributed by atoms with Crippen molar-refractivity contribution in [1.82, 2.24) is 19.9 Å². The van der Waals surface area contributed by atoms with Crippen molar-refractivity contribution in [1.29, 1.82) is 0 Å². The fourth-order valence-corrected chi connectivity index (χ4v) is 3.10. The van der Waals surface area contributed by atoms with Gasteiger partial charge in [-0.15, -0.1) is 0 Å². The van der Waals surface area contributed by atoms with E-state index in [0.717, 1.165) is 50.9 Å². The van der Waals surface area contributed by atoms with Crippen molar-refractivity contribution in [2.45, 2.75) is 57.7 Å². The van der Waals surface area contributed by atoms with Gasteiger partial charge in [-0.3, -0.25) is 9.80 Å². The first-order valence-corrected chi connectivity index (χ1v) is 8.12. The second-order valence-corrected chi connectivity index (χ2v) is 6.46. The Morgan fingerprint density at radius 2 is 2.19 bits per heavy atom. The summed E-state index contributed by atoms with van der Waals surface area (Å²) >= 11 is 0. The van der Waals surface area contributed by atoms with Crippen LogP contribution in [-0.4, -0.2) is 63.4 Å². The van der Waals surface area contributed by atoms with Gasteiger partial charge in [0.2, 0.25) is 5.89 Å². The molecule has 1 aromatic heterocycles. The SMILES string of the molecule is CC[C@@H]1CN(Cc2noc(C3CC3)n2)CCN1C[C@H](C)O. The van der Waals surface area contributed by atoms with E-state index in [-0.39, 0.29) is 6.10 Å². The second kappa shape index (κ2) is 6.42. The van der Waals surface area contributed by atoms with Crippen molar-refractivity contribution in [3.05, 3.63) is 11.7 Å². The molecule has 6 nitrogen and oxygen atoms in total. The van der Waals surface area contributed by atoms with Gasteiger partial charge >= 0.3 is 0 Å². The second-order valence-electron chi connectivity index (χ2n) is 6.46. The lowest BCUT2D eigenvalue weighted by atomic mass is 10.1. The molecule has 1 saturated heterocycles. The number of aliphatic hydroxyl groups is 1. The average Bonchev–Trinajstić information content (AvgIpc) is 3.21. The number of rotatable bonds is 6. The molecule has 2 atom stereocenters. The van der Waals surface area contributed by atoms with Crippen LogP contribution in [0.3, 0.4) is 0 Å². The summed E-state index contributed by atoms with van der Waals surface area (Å²) in [5, 5.41) is 13.7. The Morgan fingerprint density at radius 1 is 1.38 bits per heavy atom. The molecular formula is C15H26N4O2. The minimum Gasteiger partial charge on any atom is -0.392 e. The predicted molar refractivity (Wildman–Crippen MR) is 78.9 cm³/mol. The summed E-state index contributed by atoms with van der Waals surface area (Å²) in [6.07, 6.45) is 3.22. The molecule has 1 N–H and O–H groups in total. The van der Waals surface area contributed by atoms with Crippen LogP contribution < -0.4 is 0 Å². The first-order chi connectivity index (χ1) is 10.2. The van der Waals surface area contributed by atoms with Gasteiger partial charge in [0.05, 0.1) is 12.6 Å². The van der Waals surface area contributed by atoms with E-state index >= 15 is 0 Å². The highest BCUT2D eigenvalue weighted by molar-refractivity contribution is 5.02. The molecule has 21 heavy (non-hydrogen) atoms. The summed E-state index contributed by atoms with van der Waals surface area (Å²) in [4.78, 5) is 9.30. The molecule has 0 aromatic carbocycles. The molecule has 1 aliphatic heterocycles. The van der Waals surface area contributed by atoms with Gasteiger partial charge in [-0.1, -0.05) is 12.1 Å². The van der Waals surface area contributed by atoms with E-state index in [1.54, 1.807) is 0 Å². The zero-order chi connectivity index (χ0) is 14.8. The lowest BCUT2D eigenvalue weighted by molar-refractivity contribution is 0.0326. The molecular weight excluding hydrogens is 268 g/mol. The van der Waals surface area contributed by atoms with Crippen molar-refractivity contribution in [2.24, 2.45) is 0 Å².